The highest BCUT2D eigenvalue weighted by Crippen LogP contribution is 2.39. The highest BCUT2D eigenvalue weighted by atomic mass is 35.5. The van der Waals surface area contributed by atoms with Gasteiger partial charge in [0.15, 0.2) is 0 Å². The quantitative estimate of drug-likeness (QED) is 0.667. The molecule has 0 aliphatic heterocycles. The maximum absolute atomic E-state index is 6.61. The van der Waals surface area contributed by atoms with E-state index in [2.05, 4.69) is 36.4 Å². The molecule has 1 aliphatic carbocycles. The summed E-state index contributed by atoms with van der Waals surface area (Å²) in [6.45, 7) is 0. The lowest BCUT2D eigenvalue weighted by Crippen LogP contribution is -2.24. The van der Waals surface area contributed by atoms with Gasteiger partial charge in [0.2, 0.25) is 0 Å². The molecule has 1 saturated carbocycles. The smallest absolute Gasteiger partial charge is 0.0406 e. The maximum Gasteiger partial charge on any atom is 0.0406 e. The van der Waals surface area contributed by atoms with Gasteiger partial charge < -0.3 is 5.73 Å². The Morgan fingerprint density at radius 1 is 0.957 bits per heavy atom. The fourth-order valence-electron chi connectivity index (χ4n) is 3.23. The lowest BCUT2D eigenvalue weighted by molar-refractivity contribution is 0.306. The van der Waals surface area contributed by atoms with Crippen LogP contribution in [0.2, 0.25) is 5.02 Å². The predicted octanol–water partition coefficient (Wildman–Crippen LogP) is 6.49. The zero-order valence-electron chi connectivity index (χ0n) is 13.1. The van der Waals surface area contributed by atoms with E-state index in [1.54, 1.807) is 11.8 Å². The molecular weight excluding hydrogens is 345 g/mol. The van der Waals surface area contributed by atoms with Crippen molar-refractivity contribution in [3.63, 3.8) is 0 Å². The fraction of sp³-hybridized carbons (Fsp3) is 0.368. The van der Waals surface area contributed by atoms with Crippen molar-refractivity contribution in [1.82, 2.24) is 0 Å². The van der Waals surface area contributed by atoms with E-state index >= 15 is 0 Å². The second-order valence-corrected chi connectivity index (χ2v) is 7.57. The van der Waals surface area contributed by atoms with Gasteiger partial charge in [-0.25, -0.2) is 0 Å². The first-order valence-corrected chi connectivity index (χ1v) is 9.21. The van der Waals surface area contributed by atoms with Gasteiger partial charge in [-0.1, -0.05) is 60.8 Å². The lowest BCUT2D eigenvalue weighted by atomic mass is 9.81. The lowest BCUT2D eigenvalue weighted by Gasteiger charge is -2.29. The van der Waals surface area contributed by atoms with Gasteiger partial charge >= 0.3 is 0 Å². The van der Waals surface area contributed by atoms with Crippen molar-refractivity contribution in [1.29, 1.82) is 0 Å². The molecule has 2 N–H and O–H groups in total. The van der Waals surface area contributed by atoms with Crippen LogP contribution in [0.25, 0.3) is 0 Å². The zero-order chi connectivity index (χ0) is 15.4. The third-order valence-corrected chi connectivity index (χ3v) is 5.83. The average Bonchev–Trinajstić information content (AvgIpc) is 2.58. The predicted molar refractivity (Wildman–Crippen MR) is 103 cm³/mol. The van der Waals surface area contributed by atoms with Gasteiger partial charge in [0, 0.05) is 20.9 Å². The Hall–Kier alpha value is -0.670. The monoisotopic (exact) mass is 367 g/mol. The molecule has 0 aromatic heterocycles. The molecule has 124 valence electrons. The first-order chi connectivity index (χ1) is 10.7. The number of hydrogen-bond acceptors (Lipinski definition) is 2. The van der Waals surface area contributed by atoms with Crippen molar-refractivity contribution in [3.05, 3.63) is 59.1 Å². The normalized spacial score (nSPS) is 16.6. The summed E-state index contributed by atoms with van der Waals surface area (Å²) in [5.74, 6) is 0.626. The van der Waals surface area contributed by atoms with E-state index in [4.69, 9.17) is 17.3 Å². The molecule has 0 saturated heterocycles. The first-order valence-electron chi connectivity index (χ1n) is 8.02. The third kappa shape index (κ3) is 4.90. The van der Waals surface area contributed by atoms with Gasteiger partial charge in [0.05, 0.1) is 0 Å². The molecule has 1 fully saturated rings. The van der Waals surface area contributed by atoms with Crippen LogP contribution >= 0.6 is 35.8 Å². The molecule has 0 bridgehead atoms. The third-order valence-electron chi connectivity index (χ3n) is 4.48. The van der Waals surface area contributed by atoms with Gasteiger partial charge in [-0.2, -0.15) is 0 Å². The molecule has 0 heterocycles. The van der Waals surface area contributed by atoms with E-state index in [9.17, 15) is 0 Å². The summed E-state index contributed by atoms with van der Waals surface area (Å²) >= 11 is 7.75. The second kappa shape index (κ2) is 8.98. The Labute approximate surface area is 154 Å². The van der Waals surface area contributed by atoms with E-state index < -0.39 is 0 Å². The highest BCUT2D eigenvalue weighted by Gasteiger charge is 2.23. The van der Waals surface area contributed by atoms with Crippen LogP contribution in [-0.4, -0.2) is 0 Å². The van der Waals surface area contributed by atoms with Crippen molar-refractivity contribution in [3.8, 4) is 0 Å². The molecule has 2 aromatic rings. The van der Waals surface area contributed by atoms with Gasteiger partial charge in [-0.3, -0.25) is 0 Å². The molecule has 2 aromatic carbocycles. The van der Waals surface area contributed by atoms with Gasteiger partial charge in [0.1, 0.15) is 0 Å². The minimum absolute atomic E-state index is 0. The van der Waals surface area contributed by atoms with Gasteiger partial charge in [0.25, 0.3) is 0 Å². The van der Waals surface area contributed by atoms with Crippen LogP contribution in [0.4, 0.5) is 0 Å². The van der Waals surface area contributed by atoms with Crippen molar-refractivity contribution >= 4 is 35.8 Å². The molecule has 0 spiro atoms. The van der Waals surface area contributed by atoms with Crippen LogP contribution in [0, 0.1) is 5.92 Å². The standard InChI is InChI=1S/C19H22ClNS.ClH/c20-15-10-12-16(13-11-15)22-18-9-5-4-8-17(18)19(21)14-6-2-1-3-7-14;/h4-5,8-14,19H,1-3,6-7,21H2;1H/t19-;/m0./s1. The largest absolute Gasteiger partial charge is 0.324 e. The summed E-state index contributed by atoms with van der Waals surface area (Å²) in [6.07, 6.45) is 6.54. The molecule has 1 nitrogen and oxygen atoms in total. The fourth-order valence-corrected chi connectivity index (χ4v) is 4.35. The van der Waals surface area contributed by atoms with Crippen molar-refractivity contribution < 1.29 is 0 Å². The molecule has 1 aliphatic rings. The number of nitrogens with two attached hydrogens (primary N) is 1. The molecule has 1 atom stereocenters. The average molecular weight is 368 g/mol. The van der Waals surface area contributed by atoms with E-state index in [0.717, 1.165) is 5.02 Å². The summed E-state index contributed by atoms with van der Waals surface area (Å²) in [7, 11) is 0. The summed E-state index contributed by atoms with van der Waals surface area (Å²) < 4.78 is 0. The topological polar surface area (TPSA) is 26.0 Å². The number of halogens is 2. The molecule has 0 radical (unpaired) electrons. The SMILES string of the molecule is Cl.N[C@H](c1ccccc1Sc1ccc(Cl)cc1)C1CCCCC1. The Kier molecular flexibility index (Phi) is 7.29. The summed E-state index contributed by atoms with van der Waals surface area (Å²) in [5, 5.41) is 0.775. The number of benzene rings is 2. The minimum atomic E-state index is 0. The molecule has 4 heteroatoms. The van der Waals surface area contributed by atoms with Crippen LogP contribution in [-0.2, 0) is 0 Å². The Morgan fingerprint density at radius 2 is 1.61 bits per heavy atom. The van der Waals surface area contributed by atoms with E-state index in [-0.39, 0.29) is 18.4 Å². The van der Waals surface area contributed by atoms with Crippen molar-refractivity contribution in [2.24, 2.45) is 11.7 Å². The molecule has 3 rings (SSSR count). The van der Waals surface area contributed by atoms with Crippen LogP contribution in [0.1, 0.15) is 43.7 Å². The van der Waals surface area contributed by atoms with Crippen LogP contribution in [0.5, 0.6) is 0 Å². The Morgan fingerprint density at radius 3 is 2.30 bits per heavy atom. The second-order valence-electron chi connectivity index (χ2n) is 6.02. The van der Waals surface area contributed by atoms with Crippen LogP contribution < -0.4 is 5.73 Å². The van der Waals surface area contributed by atoms with Crippen LogP contribution in [0.15, 0.2) is 58.3 Å². The minimum Gasteiger partial charge on any atom is -0.324 e. The summed E-state index contributed by atoms with van der Waals surface area (Å²) in [4.78, 5) is 2.47. The van der Waals surface area contributed by atoms with Gasteiger partial charge in [-0.15, -0.1) is 12.4 Å². The number of hydrogen-bond donors (Lipinski definition) is 1. The first kappa shape index (κ1) is 18.7. The van der Waals surface area contributed by atoms with Crippen LogP contribution in [0.3, 0.4) is 0 Å². The molecule has 23 heavy (non-hydrogen) atoms. The van der Waals surface area contributed by atoms with E-state index in [1.165, 1.54) is 47.5 Å². The number of rotatable bonds is 4. The highest BCUT2D eigenvalue weighted by molar-refractivity contribution is 7.99. The Bertz CT molecular complexity index is 609. The summed E-state index contributed by atoms with van der Waals surface area (Å²) in [6, 6.07) is 16.7. The van der Waals surface area contributed by atoms with E-state index in [1.807, 2.05) is 12.1 Å². The molecular formula is C19H23Cl2NS. The Balaban J connectivity index is 0.00000192. The van der Waals surface area contributed by atoms with E-state index in [0.29, 0.717) is 5.92 Å². The summed E-state index contributed by atoms with van der Waals surface area (Å²) in [5.41, 5.74) is 7.90. The molecule has 0 unspecified atom stereocenters. The van der Waals surface area contributed by atoms with Crippen molar-refractivity contribution in [2.45, 2.75) is 47.9 Å². The maximum atomic E-state index is 6.61. The molecule has 0 amide bonds. The van der Waals surface area contributed by atoms with Gasteiger partial charge in [-0.05, 0) is 54.7 Å². The van der Waals surface area contributed by atoms with Crippen molar-refractivity contribution in [2.75, 3.05) is 0 Å². The zero-order valence-corrected chi connectivity index (χ0v) is 15.5.